The molecule has 1 aromatic carbocycles. The predicted octanol–water partition coefficient (Wildman–Crippen LogP) is 5.16. The molecule has 0 saturated heterocycles. The van der Waals surface area contributed by atoms with Crippen molar-refractivity contribution >= 4 is 11.6 Å². The number of fused-ring (bicyclic) bond motifs is 3. The van der Waals surface area contributed by atoms with Crippen LogP contribution >= 0.6 is 11.6 Å². The average molecular weight is 331 g/mol. The van der Waals surface area contributed by atoms with Crippen molar-refractivity contribution in [3.63, 3.8) is 0 Å². The first-order chi connectivity index (χ1) is 10.9. The molecule has 0 unspecified atom stereocenters. The molecule has 5 nitrogen and oxygen atoms in total. The summed E-state index contributed by atoms with van der Waals surface area (Å²) < 4.78 is 7.53. The highest BCUT2D eigenvalue weighted by atomic mass is 35.5. The van der Waals surface area contributed by atoms with Gasteiger partial charge in [0.1, 0.15) is 5.75 Å². The van der Waals surface area contributed by atoms with Crippen molar-refractivity contribution in [3.8, 4) is 17.0 Å². The van der Waals surface area contributed by atoms with E-state index >= 15 is 0 Å². The summed E-state index contributed by atoms with van der Waals surface area (Å²) in [7, 11) is 1.62. The minimum atomic E-state index is -0.117. The summed E-state index contributed by atoms with van der Waals surface area (Å²) in [5.41, 5.74) is 13.2. The minimum Gasteiger partial charge on any atom is -0.495 e. The van der Waals surface area contributed by atoms with Crippen molar-refractivity contribution in [3.05, 3.63) is 51.0 Å². The van der Waals surface area contributed by atoms with Crippen molar-refractivity contribution < 1.29 is 4.74 Å². The van der Waals surface area contributed by atoms with E-state index in [1.54, 1.807) is 7.11 Å². The van der Waals surface area contributed by atoms with Gasteiger partial charge >= 0.3 is 0 Å². The zero-order valence-corrected chi connectivity index (χ0v) is 14.4. The van der Waals surface area contributed by atoms with E-state index in [1.165, 1.54) is 11.1 Å². The molecule has 0 spiro atoms. The van der Waals surface area contributed by atoms with Crippen molar-refractivity contribution in [2.24, 2.45) is 5.11 Å². The number of azide groups is 1. The molecule has 0 fully saturated rings. The van der Waals surface area contributed by atoms with Crippen molar-refractivity contribution in [2.45, 2.75) is 38.8 Å². The molecule has 0 amide bonds. The van der Waals surface area contributed by atoms with Crippen LogP contribution in [0.4, 0.5) is 0 Å². The summed E-state index contributed by atoms with van der Waals surface area (Å²) in [6, 6.07) is 6.02. The second-order valence-electron chi connectivity index (χ2n) is 6.44. The highest BCUT2D eigenvalue weighted by Gasteiger charge is 2.38. The second-order valence-corrected chi connectivity index (χ2v) is 6.85. The lowest BCUT2D eigenvalue weighted by molar-refractivity contribution is 0.415. The molecular weight excluding hydrogens is 312 g/mol. The van der Waals surface area contributed by atoms with Gasteiger partial charge in [0.15, 0.2) is 0 Å². The van der Waals surface area contributed by atoms with Gasteiger partial charge in [-0.05, 0) is 34.9 Å². The number of rotatable bonds is 4. The van der Waals surface area contributed by atoms with E-state index in [4.69, 9.17) is 21.9 Å². The van der Waals surface area contributed by atoms with Crippen molar-refractivity contribution in [1.82, 2.24) is 4.57 Å². The van der Waals surface area contributed by atoms with E-state index in [-0.39, 0.29) is 11.5 Å². The molecule has 0 bridgehead atoms. The lowest BCUT2D eigenvalue weighted by Gasteiger charge is -2.20. The number of halogens is 1. The van der Waals surface area contributed by atoms with Crippen LogP contribution in [-0.2, 0) is 12.0 Å². The number of nitrogens with zero attached hydrogens (tertiary/aromatic N) is 4. The van der Waals surface area contributed by atoms with Gasteiger partial charge in [0.25, 0.3) is 0 Å². The molecular formula is C17H19ClN4O. The van der Waals surface area contributed by atoms with Gasteiger partial charge in [-0.3, -0.25) is 0 Å². The predicted molar refractivity (Wildman–Crippen MR) is 92.2 cm³/mol. The topological polar surface area (TPSA) is 62.9 Å². The van der Waals surface area contributed by atoms with Crippen LogP contribution in [0, 0.1) is 0 Å². The van der Waals surface area contributed by atoms with Gasteiger partial charge in [0.2, 0.25) is 0 Å². The Morgan fingerprint density at radius 3 is 2.78 bits per heavy atom. The molecule has 0 radical (unpaired) electrons. The Kier molecular flexibility index (Phi) is 3.78. The number of ether oxygens (including phenoxy) is 1. The molecule has 0 aliphatic heterocycles. The molecule has 2 aromatic rings. The lowest BCUT2D eigenvalue weighted by Crippen LogP contribution is -2.14. The fraction of sp³-hybridized carbons (Fsp3) is 0.412. The van der Waals surface area contributed by atoms with Gasteiger partial charge in [-0.25, -0.2) is 0 Å². The highest BCUT2D eigenvalue weighted by molar-refractivity contribution is 6.32. The molecule has 1 atom stereocenters. The zero-order valence-electron chi connectivity index (χ0n) is 13.7. The maximum absolute atomic E-state index is 8.62. The van der Waals surface area contributed by atoms with E-state index in [9.17, 15) is 0 Å². The summed E-state index contributed by atoms with van der Waals surface area (Å²) in [5.74, 6) is 0.671. The third-order valence-corrected chi connectivity index (χ3v) is 4.86. The Balaban J connectivity index is 2.17. The molecule has 0 saturated carbocycles. The van der Waals surface area contributed by atoms with E-state index in [2.05, 4.69) is 40.7 Å². The van der Waals surface area contributed by atoms with E-state index < -0.39 is 0 Å². The summed E-state index contributed by atoms with van der Waals surface area (Å²) in [6.07, 6.45) is 2.06. The smallest absolute Gasteiger partial charge is 0.138 e. The van der Waals surface area contributed by atoms with Crippen LogP contribution in [0.25, 0.3) is 21.7 Å². The molecule has 1 aromatic heterocycles. The molecule has 0 N–H and O–H groups in total. The van der Waals surface area contributed by atoms with Crippen LogP contribution < -0.4 is 4.74 Å². The van der Waals surface area contributed by atoms with Crippen molar-refractivity contribution in [1.29, 1.82) is 0 Å². The summed E-state index contributed by atoms with van der Waals surface area (Å²) in [4.78, 5) is 2.90. The first-order valence-corrected chi connectivity index (χ1v) is 7.90. The number of hydrogen-bond donors (Lipinski definition) is 0. The Hall–Kier alpha value is -2.10. The molecule has 3 rings (SSSR count). The molecule has 1 aliphatic rings. The van der Waals surface area contributed by atoms with Gasteiger partial charge in [0, 0.05) is 28.6 Å². The fourth-order valence-electron chi connectivity index (χ4n) is 3.41. The first-order valence-electron chi connectivity index (χ1n) is 7.52. The number of methoxy groups -OCH3 is 1. The Morgan fingerprint density at radius 2 is 2.13 bits per heavy atom. The highest BCUT2D eigenvalue weighted by Crippen LogP contribution is 2.51. The first kappa shape index (κ1) is 15.8. The van der Waals surface area contributed by atoms with Crippen LogP contribution in [0.15, 0.2) is 29.5 Å². The van der Waals surface area contributed by atoms with Crippen molar-refractivity contribution in [2.75, 3.05) is 7.11 Å². The standard InChI is InChI=1S/C17H19ClN4O/c1-10(20-21-19)9-22-6-5-12-16(22)11-7-15(23-4)14(18)8-13(11)17(12,2)3/h5-8,10H,9H2,1-4H3/t10-/m0/s1. The van der Waals surface area contributed by atoms with Gasteiger partial charge in [0.05, 0.1) is 23.9 Å². The molecule has 23 heavy (non-hydrogen) atoms. The van der Waals surface area contributed by atoms with Gasteiger partial charge < -0.3 is 9.30 Å². The van der Waals surface area contributed by atoms with Gasteiger partial charge in [-0.15, -0.1) is 0 Å². The molecule has 6 heteroatoms. The quantitative estimate of drug-likeness (QED) is 0.434. The number of aromatic nitrogens is 1. The van der Waals surface area contributed by atoms with Crippen LogP contribution in [0.1, 0.15) is 31.9 Å². The SMILES string of the molecule is COc1cc2c(cc1Cl)C(C)(C)c1ccn(C[C@H](C)N=[N+]=[N-])c1-2. The Bertz CT molecular complexity index is 818. The van der Waals surface area contributed by atoms with Crippen LogP contribution in [0.5, 0.6) is 5.75 Å². The normalized spacial score (nSPS) is 15.5. The largest absolute Gasteiger partial charge is 0.495 e. The monoisotopic (exact) mass is 330 g/mol. The summed E-state index contributed by atoms with van der Waals surface area (Å²) >= 11 is 6.32. The number of benzene rings is 1. The maximum atomic E-state index is 8.62. The van der Waals surface area contributed by atoms with Gasteiger partial charge in [-0.2, -0.15) is 0 Å². The van der Waals surface area contributed by atoms with Crippen LogP contribution in [-0.4, -0.2) is 17.7 Å². The maximum Gasteiger partial charge on any atom is 0.138 e. The average Bonchev–Trinajstić information content (AvgIpc) is 2.99. The van der Waals surface area contributed by atoms with E-state index in [1.807, 2.05) is 19.1 Å². The second kappa shape index (κ2) is 5.52. The summed E-state index contributed by atoms with van der Waals surface area (Å²) in [6.45, 7) is 6.94. The minimum absolute atomic E-state index is 0.113. The summed E-state index contributed by atoms with van der Waals surface area (Å²) in [5, 5.41) is 4.40. The lowest BCUT2D eigenvalue weighted by atomic mass is 9.83. The Morgan fingerprint density at radius 1 is 1.39 bits per heavy atom. The number of hydrogen-bond acceptors (Lipinski definition) is 2. The van der Waals surface area contributed by atoms with E-state index in [0.717, 1.165) is 11.3 Å². The fourth-order valence-corrected chi connectivity index (χ4v) is 3.65. The van der Waals surface area contributed by atoms with E-state index in [0.29, 0.717) is 17.3 Å². The molecule has 1 aliphatic carbocycles. The van der Waals surface area contributed by atoms with Crippen LogP contribution in [0.3, 0.4) is 0 Å². The Labute approximate surface area is 140 Å². The molecule has 120 valence electrons. The van der Waals surface area contributed by atoms with Crippen LogP contribution in [0.2, 0.25) is 5.02 Å². The third-order valence-electron chi connectivity index (χ3n) is 4.57. The van der Waals surface area contributed by atoms with Gasteiger partial charge in [-0.1, -0.05) is 37.5 Å². The zero-order chi connectivity index (χ0) is 16.8. The third kappa shape index (κ3) is 2.37. The molecule has 1 heterocycles.